The number of azo groups is 1. The summed E-state index contributed by atoms with van der Waals surface area (Å²) in [4.78, 5) is 20.3. The number of benzene rings is 3. The van der Waals surface area contributed by atoms with Gasteiger partial charge in [-0.05, 0) is 55.0 Å². The Bertz CT molecular complexity index is 1510. The third-order valence-electron chi connectivity index (χ3n) is 6.56. The minimum Gasteiger partial charge on any atom is -0.384 e. The number of hydrogen-bond donors (Lipinski definition) is 2. The molecule has 1 amide bonds. The van der Waals surface area contributed by atoms with Gasteiger partial charge in [0.2, 0.25) is 6.41 Å². The summed E-state index contributed by atoms with van der Waals surface area (Å²) in [6.45, 7) is 6.02. The molecule has 2 heterocycles. The monoisotopic (exact) mass is 506 g/mol. The Labute approximate surface area is 221 Å². The zero-order valence-corrected chi connectivity index (χ0v) is 21.7. The number of nitrogens with zero attached hydrogens (tertiary/aromatic N) is 5. The van der Waals surface area contributed by atoms with Crippen LogP contribution < -0.4 is 5.32 Å². The molecule has 0 fully saturated rings. The largest absolute Gasteiger partial charge is 0.384 e. The lowest BCUT2D eigenvalue weighted by atomic mass is 9.93. The first-order valence-electron chi connectivity index (χ1n) is 12.5. The van der Waals surface area contributed by atoms with E-state index in [4.69, 9.17) is 0 Å². The molecule has 3 aromatic carbocycles. The second-order valence-electron chi connectivity index (χ2n) is 9.87. The van der Waals surface area contributed by atoms with E-state index in [1.807, 2.05) is 17.6 Å². The molecule has 0 bridgehead atoms. The fourth-order valence-corrected chi connectivity index (χ4v) is 4.69. The van der Waals surface area contributed by atoms with E-state index < -0.39 is 5.60 Å². The molecule has 1 aromatic heterocycles. The van der Waals surface area contributed by atoms with Gasteiger partial charge >= 0.3 is 0 Å². The molecule has 0 saturated heterocycles. The molecule has 192 valence electrons. The smallest absolute Gasteiger partial charge is 0.212 e. The molecule has 0 aliphatic carbocycles. The maximum Gasteiger partial charge on any atom is 0.212 e. The van der Waals surface area contributed by atoms with Gasteiger partial charge in [-0.3, -0.25) is 4.79 Å². The summed E-state index contributed by atoms with van der Waals surface area (Å²) >= 11 is 0. The van der Waals surface area contributed by atoms with E-state index in [9.17, 15) is 9.90 Å². The highest BCUT2D eigenvalue weighted by atomic mass is 16.3. The lowest BCUT2D eigenvalue weighted by Gasteiger charge is -2.17. The molecule has 8 heteroatoms. The van der Waals surface area contributed by atoms with Crippen molar-refractivity contribution in [3.05, 3.63) is 107 Å². The summed E-state index contributed by atoms with van der Waals surface area (Å²) in [6.07, 6.45) is 1.44. The topological polar surface area (TPSA) is 104 Å². The Hall–Kier alpha value is -4.43. The number of aliphatic hydroxyl groups is 1. The van der Waals surface area contributed by atoms with Crippen LogP contribution in [0.15, 0.2) is 88.0 Å². The van der Waals surface area contributed by atoms with Crippen LogP contribution in [0.1, 0.15) is 47.6 Å². The van der Waals surface area contributed by atoms with Crippen LogP contribution in [0.25, 0.3) is 11.1 Å². The summed E-state index contributed by atoms with van der Waals surface area (Å²) in [5.41, 5.74) is 5.79. The van der Waals surface area contributed by atoms with Gasteiger partial charge in [0.15, 0.2) is 12.5 Å². The molecule has 1 aliphatic heterocycles. The first kappa shape index (κ1) is 25.2. The van der Waals surface area contributed by atoms with Crippen LogP contribution in [0.5, 0.6) is 0 Å². The number of hydrogen-bond acceptors (Lipinski definition) is 6. The molecule has 0 spiro atoms. The number of carbonyl (C=O) groups is 1. The molecular weight excluding hydrogens is 476 g/mol. The fraction of sp³-hybridized carbons (Fsp3) is 0.233. The molecule has 0 radical (unpaired) electrons. The van der Waals surface area contributed by atoms with Gasteiger partial charge in [-0.2, -0.15) is 5.11 Å². The standard InChI is InChI=1S/C30H30N6O2/c1-20-34-27(30(2,3)38)29(32-19-37)36(20)17-22-9-12-24(13-10-22)26-16-23(15-21-7-5-4-6-8-21)11-14-25(26)28-31-18-33-35-28/h4-14,16,19,38H,15,17-18H2,1-3H3,(H,32,37). The van der Waals surface area contributed by atoms with Gasteiger partial charge < -0.3 is 15.0 Å². The number of rotatable bonds is 9. The van der Waals surface area contributed by atoms with Gasteiger partial charge in [-0.15, -0.1) is 5.11 Å². The Morgan fingerprint density at radius 2 is 1.71 bits per heavy atom. The van der Waals surface area contributed by atoms with E-state index >= 15 is 0 Å². The van der Waals surface area contributed by atoms with Gasteiger partial charge in [0.05, 0.1) is 6.54 Å². The molecular formula is C30H30N6O2. The van der Waals surface area contributed by atoms with Crippen LogP contribution in [0, 0.1) is 6.92 Å². The van der Waals surface area contributed by atoms with Gasteiger partial charge in [-0.25, -0.2) is 9.98 Å². The minimum absolute atomic E-state index is 0.355. The Kier molecular flexibility index (Phi) is 6.98. The third kappa shape index (κ3) is 5.31. The van der Waals surface area contributed by atoms with Crippen LogP contribution >= 0.6 is 0 Å². The number of aryl methyl sites for hydroxylation is 1. The molecule has 4 aromatic rings. The number of anilines is 1. The van der Waals surface area contributed by atoms with E-state index in [1.54, 1.807) is 13.8 Å². The van der Waals surface area contributed by atoms with Crippen molar-refractivity contribution in [1.29, 1.82) is 0 Å². The summed E-state index contributed by atoms with van der Waals surface area (Å²) in [5.74, 6) is 1.85. The van der Waals surface area contributed by atoms with Gasteiger partial charge in [0, 0.05) is 5.56 Å². The van der Waals surface area contributed by atoms with E-state index in [2.05, 4.69) is 92.3 Å². The number of nitrogens with one attached hydrogen (secondary N) is 1. The van der Waals surface area contributed by atoms with Crippen LogP contribution in [-0.4, -0.2) is 33.6 Å². The van der Waals surface area contributed by atoms with Crippen molar-refractivity contribution >= 4 is 18.1 Å². The minimum atomic E-state index is -1.19. The number of amidine groups is 1. The Morgan fingerprint density at radius 3 is 2.37 bits per heavy atom. The van der Waals surface area contributed by atoms with Crippen LogP contribution in [0.2, 0.25) is 0 Å². The number of amides is 1. The quantitative estimate of drug-likeness (QED) is 0.294. The molecule has 0 saturated carbocycles. The zero-order chi connectivity index (χ0) is 26.7. The van der Waals surface area contributed by atoms with Crippen molar-refractivity contribution in [2.75, 3.05) is 12.0 Å². The summed E-state index contributed by atoms with van der Waals surface area (Å²) < 4.78 is 1.90. The summed E-state index contributed by atoms with van der Waals surface area (Å²) in [7, 11) is 0. The fourth-order valence-electron chi connectivity index (χ4n) is 4.69. The maximum atomic E-state index is 11.3. The SMILES string of the molecule is Cc1nc(C(C)(C)O)c(NC=O)n1Cc1ccc(-c2cc(Cc3ccccc3)ccc2C2=NCN=N2)cc1. The van der Waals surface area contributed by atoms with Gasteiger partial charge in [0.1, 0.15) is 22.9 Å². The highest BCUT2D eigenvalue weighted by Gasteiger charge is 2.27. The predicted molar refractivity (Wildman–Crippen MR) is 148 cm³/mol. The molecule has 2 N–H and O–H groups in total. The maximum absolute atomic E-state index is 11.3. The van der Waals surface area contributed by atoms with Crippen molar-refractivity contribution in [3.63, 3.8) is 0 Å². The predicted octanol–water partition coefficient (Wildman–Crippen LogP) is 5.46. The second kappa shape index (κ2) is 10.5. The zero-order valence-electron chi connectivity index (χ0n) is 21.7. The lowest BCUT2D eigenvalue weighted by Crippen LogP contribution is -2.19. The Balaban J connectivity index is 1.48. The van der Waals surface area contributed by atoms with Gasteiger partial charge in [0.25, 0.3) is 0 Å². The number of carbonyl (C=O) groups excluding carboxylic acids is 1. The van der Waals surface area contributed by atoms with E-state index in [-0.39, 0.29) is 0 Å². The van der Waals surface area contributed by atoms with Crippen LogP contribution in [0.4, 0.5) is 5.82 Å². The summed E-state index contributed by atoms with van der Waals surface area (Å²) in [5, 5.41) is 21.5. The van der Waals surface area contributed by atoms with E-state index in [1.165, 1.54) is 11.1 Å². The number of aliphatic imine (C=N–C) groups is 1. The van der Waals surface area contributed by atoms with Crippen molar-refractivity contribution in [2.45, 2.75) is 39.3 Å². The van der Waals surface area contributed by atoms with Crippen molar-refractivity contribution in [2.24, 2.45) is 15.2 Å². The highest BCUT2D eigenvalue weighted by molar-refractivity contribution is 6.05. The normalized spacial score (nSPS) is 13.0. The number of imidazole rings is 1. The van der Waals surface area contributed by atoms with E-state index in [0.717, 1.165) is 28.7 Å². The van der Waals surface area contributed by atoms with Crippen LogP contribution in [-0.2, 0) is 23.4 Å². The summed E-state index contributed by atoms with van der Waals surface area (Å²) in [6, 6.07) is 25.1. The van der Waals surface area contributed by atoms with Gasteiger partial charge in [-0.1, -0.05) is 72.8 Å². The third-order valence-corrected chi connectivity index (χ3v) is 6.56. The average Bonchev–Trinajstić information content (AvgIpc) is 3.55. The molecule has 1 aliphatic rings. The van der Waals surface area contributed by atoms with Crippen molar-refractivity contribution in [3.8, 4) is 11.1 Å². The van der Waals surface area contributed by atoms with Crippen LogP contribution in [0.3, 0.4) is 0 Å². The first-order valence-corrected chi connectivity index (χ1v) is 12.5. The molecule has 8 nitrogen and oxygen atoms in total. The highest BCUT2D eigenvalue weighted by Crippen LogP contribution is 2.31. The Morgan fingerprint density at radius 1 is 0.974 bits per heavy atom. The lowest BCUT2D eigenvalue weighted by molar-refractivity contribution is -0.105. The number of aromatic nitrogens is 2. The second-order valence-corrected chi connectivity index (χ2v) is 9.87. The van der Waals surface area contributed by atoms with E-state index in [0.29, 0.717) is 42.8 Å². The van der Waals surface area contributed by atoms with Crippen molar-refractivity contribution in [1.82, 2.24) is 9.55 Å². The molecule has 38 heavy (non-hydrogen) atoms. The average molecular weight is 507 g/mol. The first-order chi connectivity index (χ1) is 18.3. The molecule has 5 rings (SSSR count). The molecule has 0 unspecified atom stereocenters. The molecule has 0 atom stereocenters. The van der Waals surface area contributed by atoms with Crippen molar-refractivity contribution < 1.29 is 9.90 Å².